The molecule has 0 saturated heterocycles. The molecular formula is C10H19NOY-2. The van der Waals surface area contributed by atoms with Gasteiger partial charge in [0.05, 0.1) is 0 Å². The van der Waals surface area contributed by atoms with Crippen LogP contribution in [-0.2, 0) is 37.5 Å². The van der Waals surface area contributed by atoms with Crippen LogP contribution < -0.4 is 0 Å². The quantitative estimate of drug-likeness (QED) is 0.527. The van der Waals surface area contributed by atoms with Gasteiger partial charge in [-0.2, -0.15) is 12.8 Å². The van der Waals surface area contributed by atoms with Crippen molar-refractivity contribution in [2.75, 3.05) is 6.54 Å². The molecule has 0 aromatic rings. The van der Waals surface area contributed by atoms with E-state index in [1.807, 2.05) is 20.3 Å². The predicted octanol–water partition coefficient (Wildman–Crippen LogP) is 2.01. The summed E-state index contributed by atoms with van der Waals surface area (Å²) < 4.78 is 0. The molecule has 0 unspecified atom stereocenters. The van der Waals surface area contributed by atoms with Crippen LogP contribution in [0.15, 0.2) is 0 Å². The van der Waals surface area contributed by atoms with Gasteiger partial charge in [0, 0.05) is 32.7 Å². The molecule has 2 nitrogen and oxygen atoms in total. The maximum Gasteiger partial charge on any atom is 0 e. The first-order valence-electron chi connectivity index (χ1n) is 4.54. The topological polar surface area (TPSA) is 20.3 Å². The van der Waals surface area contributed by atoms with Gasteiger partial charge in [0.1, 0.15) is 0 Å². The molecule has 0 spiro atoms. The Labute approximate surface area is 107 Å². The van der Waals surface area contributed by atoms with Crippen LogP contribution in [-0.4, -0.2) is 23.9 Å². The van der Waals surface area contributed by atoms with Crippen molar-refractivity contribution in [1.82, 2.24) is 4.90 Å². The molecule has 0 rings (SSSR count). The summed E-state index contributed by atoms with van der Waals surface area (Å²) in [5, 5.41) is 0. The van der Waals surface area contributed by atoms with Crippen LogP contribution in [0.3, 0.4) is 0 Å². The average Bonchev–Trinajstić information content (AvgIpc) is 1.96. The molecule has 0 N–H and O–H groups in total. The van der Waals surface area contributed by atoms with Gasteiger partial charge in [-0.05, 0) is 19.9 Å². The standard InChI is InChI=1S/C10H19NO.Y/c1-9(2)6-5-7-11(8-12)10(3)4;/h5,9-10H,6-7H2,1-4H3;/q-2;. The second kappa shape index (κ2) is 9.14. The van der Waals surface area contributed by atoms with Crippen molar-refractivity contribution in [3.05, 3.63) is 6.42 Å². The monoisotopic (exact) mass is 258 g/mol. The van der Waals surface area contributed by atoms with Gasteiger partial charge in [-0.25, -0.2) is 0 Å². The molecule has 0 heterocycles. The maximum atomic E-state index is 10.4. The van der Waals surface area contributed by atoms with Gasteiger partial charge in [-0.15, -0.1) is 6.54 Å². The SMILES string of the molecule is CC(C)C[CH-]CN([C-]=O)C(C)C.[Y]. The molecule has 0 bridgehead atoms. The van der Waals surface area contributed by atoms with E-state index in [1.165, 1.54) is 0 Å². The average molecular weight is 258 g/mol. The van der Waals surface area contributed by atoms with Gasteiger partial charge in [-0.3, -0.25) is 0 Å². The second-order valence-electron chi connectivity index (χ2n) is 3.76. The van der Waals surface area contributed by atoms with Crippen molar-refractivity contribution in [3.63, 3.8) is 0 Å². The summed E-state index contributed by atoms with van der Waals surface area (Å²) in [5.41, 5.74) is 0. The number of nitrogens with zero attached hydrogens (tertiary/aromatic N) is 1. The van der Waals surface area contributed by atoms with Crippen LogP contribution >= 0.6 is 0 Å². The summed E-state index contributed by atoms with van der Waals surface area (Å²) >= 11 is 0. The summed E-state index contributed by atoms with van der Waals surface area (Å²) in [7, 11) is 0. The second-order valence-corrected chi connectivity index (χ2v) is 3.76. The van der Waals surface area contributed by atoms with Crippen LogP contribution in [0, 0.1) is 12.3 Å². The van der Waals surface area contributed by atoms with Gasteiger partial charge < -0.3 is 16.1 Å². The molecular weight excluding hydrogens is 239 g/mol. The molecule has 75 valence electrons. The minimum Gasteiger partial charge on any atom is -0.540 e. The fourth-order valence-electron chi connectivity index (χ4n) is 0.900. The Morgan fingerprint density at radius 1 is 1.31 bits per heavy atom. The third kappa shape index (κ3) is 8.89. The zero-order valence-corrected chi connectivity index (χ0v) is 11.9. The van der Waals surface area contributed by atoms with E-state index in [4.69, 9.17) is 0 Å². The fourth-order valence-corrected chi connectivity index (χ4v) is 0.900. The van der Waals surface area contributed by atoms with Crippen molar-refractivity contribution in [1.29, 1.82) is 0 Å². The number of hydrogen-bond donors (Lipinski definition) is 0. The van der Waals surface area contributed by atoms with Crippen molar-refractivity contribution < 1.29 is 37.5 Å². The van der Waals surface area contributed by atoms with Crippen molar-refractivity contribution in [2.24, 2.45) is 5.92 Å². The number of carbonyl (C=O) groups excluding carboxylic acids is 1. The first-order valence-corrected chi connectivity index (χ1v) is 4.54. The molecule has 1 radical (unpaired) electrons. The minimum absolute atomic E-state index is 0. The van der Waals surface area contributed by atoms with Gasteiger partial charge >= 0.3 is 0 Å². The molecule has 0 aliphatic carbocycles. The molecule has 0 saturated carbocycles. The summed E-state index contributed by atoms with van der Waals surface area (Å²) in [6.07, 6.45) is 5.12. The van der Waals surface area contributed by atoms with Crippen LogP contribution in [0.1, 0.15) is 34.1 Å². The zero-order valence-electron chi connectivity index (χ0n) is 9.08. The van der Waals surface area contributed by atoms with E-state index in [2.05, 4.69) is 20.3 Å². The Kier molecular flexibility index (Phi) is 11.3. The van der Waals surface area contributed by atoms with E-state index in [0.717, 1.165) is 13.0 Å². The Morgan fingerprint density at radius 3 is 2.15 bits per heavy atom. The van der Waals surface area contributed by atoms with E-state index in [9.17, 15) is 4.79 Å². The maximum absolute atomic E-state index is 10.4. The molecule has 0 aliphatic rings. The van der Waals surface area contributed by atoms with Crippen LogP contribution in [0.2, 0.25) is 0 Å². The summed E-state index contributed by atoms with van der Waals surface area (Å²) in [4.78, 5) is 12.1. The van der Waals surface area contributed by atoms with Gasteiger partial charge in [0.15, 0.2) is 0 Å². The van der Waals surface area contributed by atoms with Gasteiger partial charge in [0.25, 0.3) is 0 Å². The van der Waals surface area contributed by atoms with Gasteiger partial charge in [-0.1, -0.05) is 19.8 Å². The van der Waals surface area contributed by atoms with E-state index in [-0.39, 0.29) is 38.8 Å². The van der Waals surface area contributed by atoms with Crippen LogP contribution in [0.25, 0.3) is 0 Å². The Balaban J connectivity index is 0. The normalized spacial score (nSPS) is 10.0. The molecule has 13 heavy (non-hydrogen) atoms. The Morgan fingerprint density at radius 2 is 1.85 bits per heavy atom. The smallest absolute Gasteiger partial charge is 0 e. The molecule has 0 atom stereocenters. The molecule has 0 fully saturated rings. The van der Waals surface area contributed by atoms with Crippen molar-refractivity contribution in [3.8, 4) is 0 Å². The van der Waals surface area contributed by atoms with Crippen LogP contribution in [0.4, 0.5) is 0 Å². The van der Waals surface area contributed by atoms with Crippen molar-refractivity contribution in [2.45, 2.75) is 40.2 Å². The van der Waals surface area contributed by atoms with Gasteiger partial charge in [0.2, 0.25) is 0 Å². The summed E-state index contributed by atoms with van der Waals surface area (Å²) in [5.74, 6) is 0.672. The van der Waals surface area contributed by atoms with E-state index >= 15 is 0 Å². The molecule has 3 heteroatoms. The largest absolute Gasteiger partial charge is 0.540 e. The number of rotatable bonds is 6. The third-order valence-corrected chi connectivity index (χ3v) is 1.70. The molecule has 0 aromatic heterocycles. The van der Waals surface area contributed by atoms with Crippen LogP contribution in [0.5, 0.6) is 0 Å². The zero-order chi connectivity index (χ0) is 9.56. The predicted molar refractivity (Wildman–Crippen MR) is 51.3 cm³/mol. The Bertz CT molecular complexity index is 126. The first kappa shape index (κ1) is 16.0. The number of hydrogen-bond acceptors (Lipinski definition) is 1. The minimum atomic E-state index is 0. The molecule has 0 aliphatic heterocycles. The molecule has 0 aromatic carbocycles. The number of amides is 1. The first-order chi connectivity index (χ1) is 5.57. The van der Waals surface area contributed by atoms with Crippen molar-refractivity contribution >= 4 is 6.41 Å². The third-order valence-electron chi connectivity index (χ3n) is 1.70. The fraction of sp³-hybridized carbons (Fsp3) is 0.800. The van der Waals surface area contributed by atoms with E-state index in [1.54, 1.807) is 4.90 Å². The Hall–Kier alpha value is 0.574. The van der Waals surface area contributed by atoms with E-state index in [0.29, 0.717) is 5.92 Å². The summed E-state index contributed by atoms with van der Waals surface area (Å²) in [6.45, 7) is 9.04. The van der Waals surface area contributed by atoms with E-state index < -0.39 is 0 Å². The molecule has 1 amide bonds. The summed E-state index contributed by atoms with van der Waals surface area (Å²) in [6, 6.07) is 0.255.